The molecule has 0 radical (unpaired) electrons. The molecule has 2 N–H and O–H groups in total. The molecule has 4 nitrogen and oxygen atoms in total. The molecule has 0 aliphatic rings. The minimum absolute atomic E-state index is 0. The number of aryl methyl sites for hydroxylation is 1. The molecular weight excluding hydrogens is 190 g/mol. The quantitative estimate of drug-likeness (QED) is 0.838. The van der Waals surface area contributed by atoms with Gasteiger partial charge in [-0.3, -0.25) is 9.48 Å². The molecule has 0 aromatic carbocycles. The fraction of sp³-hybridized carbons (Fsp3) is 0.636. The molecular formula is C11H23N3O. The Labute approximate surface area is 93.0 Å². The predicted molar refractivity (Wildman–Crippen MR) is 64.0 cm³/mol. The van der Waals surface area contributed by atoms with Gasteiger partial charge in [0.15, 0.2) is 0 Å². The summed E-state index contributed by atoms with van der Waals surface area (Å²) in [6.45, 7) is 10.7. The number of aromatic nitrogens is 2. The van der Waals surface area contributed by atoms with E-state index in [0.29, 0.717) is 18.2 Å². The van der Waals surface area contributed by atoms with E-state index in [2.05, 4.69) is 5.10 Å². The van der Waals surface area contributed by atoms with E-state index in [1.54, 1.807) is 10.7 Å². The van der Waals surface area contributed by atoms with Crippen molar-refractivity contribution in [2.24, 2.45) is 5.73 Å². The molecule has 0 saturated carbocycles. The van der Waals surface area contributed by atoms with Crippen LogP contribution in [0.5, 0.6) is 0 Å². The van der Waals surface area contributed by atoms with Crippen molar-refractivity contribution in [3.05, 3.63) is 17.5 Å². The van der Waals surface area contributed by atoms with Crippen LogP contribution >= 0.6 is 0 Å². The topological polar surface area (TPSA) is 60.9 Å². The van der Waals surface area contributed by atoms with Gasteiger partial charge in [-0.1, -0.05) is 27.7 Å². The van der Waals surface area contributed by atoms with Crippen LogP contribution in [0.3, 0.4) is 0 Å². The maximum Gasteiger partial charge on any atom is 0.266 e. The molecule has 0 aliphatic carbocycles. The van der Waals surface area contributed by atoms with Crippen LogP contribution in [0.1, 0.15) is 58.1 Å². The number of hydrogen-bond donors (Lipinski definition) is 1. The van der Waals surface area contributed by atoms with Crippen LogP contribution in [0.25, 0.3) is 0 Å². The van der Waals surface area contributed by atoms with Gasteiger partial charge >= 0.3 is 0 Å². The number of carbonyl (C=O) groups excluding carboxylic acids is 1. The second-order valence-corrected chi connectivity index (χ2v) is 3.29. The Morgan fingerprint density at radius 2 is 2.13 bits per heavy atom. The molecule has 0 saturated heterocycles. The summed E-state index contributed by atoms with van der Waals surface area (Å²) in [7, 11) is 0. The molecule has 1 heterocycles. The van der Waals surface area contributed by atoms with Gasteiger partial charge in [0.25, 0.3) is 5.91 Å². The maximum absolute atomic E-state index is 11.0. The van der Waals surface area contributed by atoms with Gasteiger partial charge in [0.2, 0.25) is 0 Å². The van der Waals surface area contributed by atoms with Crippen LogP contribution in [-0.2, 0) is 6.54 Å². The van der Waals surface area contributed by atoms with Crippen molar-refractivity contribution in [2.45, 2.75) is 47.1 Å². The highest BCUT2D eigenvalue weighted by molar-refractivity contribution is 5.91. The lowest BCUT2D eigenvalue weighted by molar-refractivity contribution is 0.0990. The van der Waals surface area contributed by atoms with Gasteiger partial charge < -0.3 is 5.73 Å². The highest BCUT2D eigenvalue weighted by Gasteiger charge is 2.12. The molecule has 1 aromatic rings. The van der Waals surface area contributed by atoms with Crippen LogP contribution in [0.4, 0.5) is 0 Å². The number of primary amides is 1. The van der Waals surface area contributed by atoms with E-state index in [9.17, 15) is 4.79 Å². The van der Waals surface area contributed by atoms with E-state index in [-0.39, 0.29) is 1.43 Å². The summed E-state index contributed by atoms with van der Waals surface area (Å²) in [5.74, 6) is -0.0906. The zero-order chi connectivity index (χ0) is 12.0. The molecule has 0 fully saturated rings. The van der Waals surface area contributed by atoms with E-state index >= 15 is 0 Å². The fourth-order valence-corrected chi connectivity index (χ4v) is 1.16. The Kier molecular flexibility index (Phi) is 5.67. The first-order valence-electron chi connectivity index (χ1n) is 5.43. The molecule has 0 unspecified atom stereocenters. The Balaban J connectivity index is 0. The van der Waals surface area contributed by atoms with E-state index in [0.717, 1.165) is 5.69 Å². The summed E-state index contributed by atoms with van der Waals surface area (Å²) in [5.41, 5.74) is 6.61. The summed E-state index contributed by atoms with van der Waals surface area (Å²) < 4.78 is 1.64. The molecule has 0 aliphatic heterocycles. The Hall–Kier alpha value is -1.32. The van der Waals surface area contributed by atoms with Crippen molar-refractivity contribution in [3.63, 3.8) is 0 Å². The van der Waals surface area contributed by atoms with Crippen molar-refractivity contribution < 1.29 is 6.22 Å². The Bertz CT molecular complexity index is 321. The van der Waals surface area contributed by atoms with Crippen LogP contribution in [0.2, 0.25) is 0 Å². The predicted octanol–water partition coefficient (Wildman–Crippen LogP) is 2.40. The van der Waals surface area contributed by atoms with E-state index in [4.69, 9.17) is 5.73 Å². The first-order valence-corrected chi connectivity index (χ1v) is 5.43. The van der Waals surface area contributed by atoms with Gasteiger partial charge in [-0.2, -0.15) is 5.10 Å². The molecule has 0 bridgehead atoms. The molecule has 1 amide bonds. The summed E-state index contributed by atoms with van der Waals surface area (Å²) >= 11 is 0. The number of amides is 1. The minimum Gasteiger partial charge on any atom is -0.364 e. The van der Waals surface area contributed by atoms with Gasteiger partial charge in [0.05, 0.1) is 5.69 Å². The number of carbonyl (C=O) groups is 1. The average molecular weight is 213 g/mol. The second-order valence-electron chi connectivity index (χ2n) is 3.29. The minimum atomic E-state index is -0.416. The van der Waals surface area contributed by atoms with Gasteiger partial charge in [0, 0.05) is 7.97 Å². The van der Waals surface area contributed by atoms with Gasteiger partial charge in [0.1, 0.15) is 5.69 Å². The van der Waals surface area contributed by atoms with Gasteiger partial charge in [-0.05, 0) is 18.9 Å². The molecule has 0 spiro atoms. The summed E-state index contributed by atoms with van der Waals surface area (Å²) in [5, 5.41) is 4.27. The van der Waals surface area contributed by atoms with Crippen LogP contribution in [0.15, 0.2) is 6.07 Å². The van der Waals surface area contributed by atoms with E-state index < -0.39 is 5.91 Å². The molecule has 88 valence electrons. The van der Waals surface area contributed by atoms with Gasteiger partial charge in [-0.25, -0.2) is 0 Å². The fourth-order valence-electron chi connectivity index (χ4n) is 1.16. The first-order chi connectivity index (χ1) is 7.06. The Morgan fingerprint density at radius 3 is 2.40 bits per heavy atom. The van der Waals surface area contributed by atoms with E-state index in [1.807, 2.05) is 34.6 Å². The monoisotopic (exact) mass is 213 g/mol. The van der Waals surface area contributed by atoms with E-state index in [1.165, 1.54) is 0 Å². The molecule has 0 atom stereocenters. The number of hydrogen-bond acceptors (Lipinski definition) is 2. The van der Waals surface area contributed by atoms with Crippen molar-refractivity contribution in [3.8, 4) is 0 Å². The molecule has 4 heteroatoms. The third kappa shape index (κ3) is 3.38. The normalized spacial score (nSPS) is 9.73. The summed E-state index contributed by atoms with van der Waals surface area (Å²) in [6, 6.07) is 1.76. The lowest BCUT2D eigenvalue weighted by Gasteiger charge is -1.99. The third-order valence-electron chi connectivity index (χ3n) is 1.94. The third-order valence-corrected chi connectivity index (χ3v) is 1.94. The highest BCUT2D eigenvalue weighted by Crippen LogP contribution is 2.13. The average Bonchev–Trinajstić information content (AvgIpc) is 2.64. The first kappa shape index (κ1) is 13.7. The zero-order valence-electron chi connectivity index (χ0n) is 10.2. The van der Waals surface area contributed by atoms with Crippen molar-refractivity contribution >= 4 is 5.91 Å². The second kappa shape index (κ2) is 6.22. The van der Waals surface area contributed by atoms with Gasteiger partial charge in [-0.15, -0.1) is 0 Å². The maximum atomic E-state index is 11.0. The van der Waals surface area contributed by atoms with Crippen molar-refractivity contribution in [2.75, 3.05) is 0 Å². The Morgan fingerprint density at radius 1 is 1.60 bits per heavy atom. The summed E-state index contributed by atoms with van der Waals surface area (Å²) in [6.07, 6.45) is 0. The molecule has 1 aromatic heterocycles. The van der Waals surface area contributed by atoms with Crippen molar-refractivity contribution in [1.29, 1.82) is 0 Å². The number of rotatable bonds is 3. The van der Waals surface area contributed by atoms with Crippen LogP contribution in [0, 0.1) is 0 Å². The number of nitrogens with two attached hydrogens (primary N) is 1. The standard InChI is InChI=1S/C9H15N3O.C2H6.H2/c1-4-12-8(9(10)13)5-7(11-12)6(2)3;1-2;/h5-6H,4H2,1-3H3,(H2,10,13);1-2H3;1H. The lowest BCUT2D eigenvalue weighted by atomic mass is 10.1. The molecule has 15 heavy (non-hydrogen) atoms. The lowest BCUT2D eigenvalue weighted by Crippen LogP contribution is -2.16. The highest BCUT2D eigenvalue weighted by atomic mass is 16.1. The van der Waals surface area contributed by atoms with Crippen LogP contribution in [-0.4, -0.2) is 15.7 Å². The smallest absolute Gasteiger partial charge is 0.266 e. The number of nitrogens with zero attached hydrogens (tertiary/aromatic N) is 2. The largest absolute Gasteiger partial charge is 0.364 e. The zero-order valence-corrected chi connectivity index (χ0v) is 10.2. The van der Waals surface area contributed by atoms with Crippen molar-refractivity contribution in [1.82, 2.24) is 9.78 Å². The molecule has 1 rings (SSSR count). The SMILES string of the molecule is CC.CCn1nc(C(C)C)cc1C(N)=O.[HH]. The summed E-state index contributed by atoms with van der Waals surface area (Å²) in [4.78, 5) is 11.0. The van der Waals surface area contributed by atoms with Crippen LogP contribution < -0.4 is 5.73 Å².